The third-order valence-corrected chi connectivity index (χ3v) is 3.80. The number of rotatable bonds is 6. The maximum Gasteiger partial charge on any atom is 0.184 e. The monoisotopic (exact) mass is 285 g/mol. The van der Waals surface area contributed by atoms with E-state index in [1.54, 1.807) is 0 Å². The molecule has 0 fully saturated rings. The van der Waals surface area contributed by atoms with Crippen LogP contribution in [0, 0.1) is 0 Å². The number of hydrogen-bond acceptors (Lipinski definition) is 2. The molecule has 102 valence electrons. The van der Waals surface area contributed by atoms with E-state index in [4.69, 9.17) is 16.0 Å². The Hall–Kier alpha value is -0.353. The first-order valence-electron chi connectivity index (χ1n) is 6.45. The SMILES string of the molecule is CC(C)NCC(O[Si](C)(C)C)c1ccccc1Cl. The normalized spacial score (nSPS) is 13.9. The van der Waals surface area contributed by atoms with Gasteiger partial charge in [-0.3, -0.25) is 0 Å². The predicted molar refractivity (Wildman–Crippen MR) is 81.8 cm³/mol. The van der Waals surface area contributed by atoms with Crippen LogP contribution in [0.2, 0.25) is 24.7 Å². The van der Waals surface area contributed by atoms with Gasteiger partial charge in [-0.15, -0.1) is 0 Å². The molecule has 1 atom stereocenters. The van der Waals surface area contributed by atoms with E-state index < -0.39 is 8.32 Å². The minimum absolute atomic E-state index is 0.0350. The van der Waals surface area contributed by atoms with Crippen molar-refractivity contribution in [3.8, 4) is 0 Å². The molecule has 0 aromatic heterocycles. The second kappa shape index (κ2) is 6.71. The fraction of sp³-hybridized carbons (Fsp3) is 0.571. The highest BCUT2D eigenvalue weighted by atomic mass is 35.5. The van der Waals surface area contributed by atoms with Crippen molar-refractivity contribution in [1.29, 1.82) is 0 Å². The average molecular weight is 286 g/mol. The molecule has 18 heavy (non-hydrogen) atoms. The summed E-state index contributed by atoms with van der Waals surface area (Å²) in [5.41, 5.74) is 1.08. The molecule has 0 saturated heterocycles. The molecule has 2 nitrogen and oxygen atoms in total. The van der Waals surface area contributed by atoms with Crippen LogP contribution in [0.4, 0.5) is 0 Å². The maximum atomic E-state index is 6.27. The van der Waals surface area contributed by atoms with E-state index in [0.29, 0.717) is 6.04 Å². The molecular weight excluding hydrogens is 262 g/mol. The molecule has 0 saturated carbocycles. The van der Waals surface area contributed by atoms with Crippen molar-refractivity contribution in [3.63, 3.8) is 0 Å². The van der Waals surface area contributed by atoms with Gasteiger partial charge >= 0.3 is 0 Å². The van der Waals surface area contributed by atoms with Gasteiger partial charge in [-0.2, -0.15) is 0 Å². The zero-order valence-electron chi connectivity index (χ0n) is 12.0. The van der Waals surface area contributed by atoms with Gasteiger partial charge in [0.15, 0.2) is 8.32 Å². The molecule has 1 N–H and O–H groups in total. The summed E-state index contributed by atoms with van der Waals surface area (Å²) in [5.74, 6) is 0. The second-order valence-electron chi connectivity index (χ2n) is 5.80. The quantitative estimate of drug-likeness (QED) is 0.790. The molecule has 0 spiro atoms. The zero-order valence-corrected chi connectivity index (χ0v) is 13.7. The van der Waals surface area contributed by atoms with Gasteiger partial charge in [-0.1, -0.05) is 43.6 Å². The van der Waals surface area contributed by atoms with E-state index in [1.165, 1.54) is 0 Å². The lowest BCUT2D eigenvalue weighted by molar-refractivity contribution is 0.191. The Morgan fingerprint density at radius 2 is 1.83 bits per heavy atom. The lowest BCUT2D eigenvalue weighted by atomic mass is 10.1. The number of nitrogens with one attached hydrogen (secondary N) is 1. The zero-order chi connectivity index (χ0) is 13.8. The van der Waals surface area contributed by atoms with Crippen molar-refractivity contribution in [2.45, 2.75) is 45.6 Å². The Bertz CT molecular complexity index is 376. The molecule has 0 aliphatic rings. The first-order valence-corrected chi connectivity index (χ1v) is 10.2. The molecule has 1 unspecified atom stereocenters. The van der Waals surface area contributed by atoms with Crippen molar-refractivity contribution in [3.05, 3.63) is 34.9 Å². The molecule has 0 aliphatic heterocycles. The van der Waals surface area contributed by atoms with E-state index in [1.807, 2.05) is 18.2 Å². The maximum absolute atomic E-state index is 6.27. The highest BCUT2D eigenvalue weighted by Crippen LogP contribution is 2.27. The van der Waals surface area contributed by atoms with Gasteiger partial charge in [0, 0.05) is 17.6 Å². The third-order valence-electron chi connectivity index (χ3n) is 2.46. The summed E-state index contributed by atoms with van der Waals surface area (Å²) in [4.78, 5) is 0. The van der Waals surface area contributed by atoms with Crippen molar-refractivity contribution in [2.75, 3.05) is 6.54 Å². The highest BCUT2D eigenvalue weighted by Gasteiger charge is 2.23. The van der Waals surface area contributed by atoms with Gasteiger partial charge in [0.25, 0.3) is 0 Å². The van der Waals surface area contributed by atoms with Crippen LogP contribution < -0.4 is 5.32 Å². The Kier molecular flexibility index (Phi) is 5.85. The molecule has 0 heterocycles. The topological polar surface area (TPSA) is 21.3 Å². The van der Waals surface area contributed by atoms with Crippen molar-refractivity contribution in [2.24, 2.45) is 0 Å². The first-order chi connectivity index (χ1) is 8.29. The van der Waals surface area contributed by atoms with Gasteiger partial charge in [-0.05, 0) is 31.3 Å². The summed E-state index contributed by atoms with van der Waals surface area (Å²) in [6.07, 6.45) is 0.0350. The van der Waals surface area contributed by atoms with Crippen LogP contribution >= 0.6 is 11.6 Å². The summed E-state index contributed by atoms with van der Waals surface area (Å²) in [7, 11) is -1.60. The molecule has 0 bridgehead atoms. The fourth-order valence-corrected chi connectivity index (χ4v) is 3.04. The molecule has 0 amide bonds. The molecule has 0 aliphatic carbocycles. The van der Waals surface area contributed by atoms with Gasteiger partial charge in [0.05, 0.1) is 6.10 Å². The lowest BCUT2D eigenvalue weighted by Gasteiger charge is -2.28. The largest absolute Gasteiger partial charge is 0.409 e. The molecule has 1 aromatic rings. The van der Waals surface area contributed by atoms with E-state index in [2.05, 4.69) is 44.9 Å². The Balaban J connectivity index is 2.86. The highest BCUT2D eigenvalue weighted by molar-refractivity contribution is 6.69. The minimum Gasteiger partial charge on any atom is -0.409 e. The van der Waals surface area contributed by atoms with Gasteiger partial charge in [-0.25, -0.2) is 0 Å². The predicted octanol–water partition coefficient (Wildman–Crippen LogP) is 4.23. The summed E-state index contributed by atoms with van der Waals surface area (Å²) in [5, 5.41) is 4.22. The van der Waals surface area contributed by atoms with Crippen LogP contribution in [0.25, 0.3) is 0 Å². The van der Waals surface area contributed by atoms with Crippen LogP contribution in [0.5, 0.6) is 0 Å². The van der Waals surface area contributed by atoms with Crippen molar-refractivity contribution in [1.82, 2.24) is 5.32 Å². The van der Waals surface area contributed by atoms with Crippen LogP contribution in [-0.2, 0) is 4.43 Å². The summed E-state index contributed by atoms with van der Waals surface area (Å²) in [6, 6.07) is 8.38. The van der Waals surface area contributed by atoms with Crippen LogP contribution in [0.15, 0.2) is 24.3 Å². The van der Waals surface area contributed by atoms with E-state index in [9.17, 15) is 0 Å². The minimum atomic E-state index is -1.60. The van der Waals surface area contributed by atoms with Crippen LogP contribution in [-0.4, -0.2) is 20.9 Å². The first kappa shape index (κ1) is 15.7. The van der Waals surface area contributed by atoms with Gasteiger partial charge < -0.3 is 9.74 Å². The number of hydrogen-bond donors (Lipinski definition) is 1. The van der Waals surface area contributed by atoms with E-state index in [-0.39, 0.29) is 6.10 Å². The smallest absolute Gasteiger partial charge is 0.184 e. The second-order valence-corrected chi connectivity index (χ2v) is 10.7. The standard InChI is InChI=1S/C14H24ClNOSi/c1-11(2)16-10-14(17-18(3,4)5)12-8-6-7-9-13(12)15/h6-9,11,14,16H,10H2,1-5H3. The van der Waals surface area contributed by atoms with E-state index in [0.717, 1.165) is 17.1 Å². The van der Waals surface area contributed by atoms with E-state index >= 15 is 0 Å². The lowest BCUT2D eigenvalue weighted by Crippen LogP contribution is -2.35. The average Bonchev–Trinajstić information content (AvgIpc) is 2.23. The summed E-state index contributed by atoms with van der Waals surface area (Å²) >= 11 is 6.27. The van der Waals surface area contributed by atoms with Crippen LogP contribution in [0.1, 0.15) is 25.5 Å². The molecular formula is C14H24ClNOSi. The third kappa shape index (κ3) is 5.53. The van der Waals surface area contributed by atoms with Gasteiger partial charge in [0.2, 0.25) is 0 Å². The van der Waals surface area contributed by atoms with Crippen molar-refractivity contribution >= 4 is 19.9 Å². The Morgan fingerprint density at radius 3 is 2.33 bits per heavy atom. The van der Waals surface area contributed by atoms with Crippen molar-refractivity contribution < 1.29 is 4.43 Å². The van der Waals surface area contributed by atoms with Crippen LogP contribution in [0.3, 0.4) is 0 Å². The van der Waals surface area contributed by atoms with Gasteiger partial charge in [0.1, 0.15) is 0 Å². The number of halogens is 1. The molecule has 1 rings (SSSR count). The molecule has 1 aromatic carbocycles. The molecule has 0 radical (unpaired) electrons. The summed E-state index contributed by atoms with van der Waals surface area (Å²) in [6.45, 7) is 11.7. The fourth-order valence-electron chi connectivity index (χ4n) is 1.72. The summed E-state index contributed by atoms with van der Waals surface area (Å²) < 4.78 is 6.25. The Labute approximate surface area is 117 Å². The molecule has 4 heteroatoms. The Morgan fingerprint density at radius 1 is 1.22 bits per heavy atom. The number of benzene rings is 1.